The normalized spacial score (nSPS) is 11.7. The standard InChI is InChI=1S/C15H21NO3/c1-4-5-6-11(2)14(17)16-13-9-7-12(8-10-13)15(18)19-3/h7-11H,4-6H2,1-3H3,(H,16,17). The minimum atomic E-state index is -0.380. The second-order valence-electron chi connectivity index (χ2n) is 4.60. The second kappa shape index (κ2) is 7.56. The van der Waals surface area contributed by atoms with E-state index in [9.17, 15) is 9.59 Å². The number of amides is 1. The van der Waals surface area contributed by atoms with Crippen molar-refractivity contribution in [3.8, 4) is 0 Å². The van der Waals surface area contributed by atoms with Gasteiger partial charge in [-0.1, -0.05) is 26.7 Å². The van der Waals surface area contributed by atoms with E-state index in [2.05, 4.69) is 17.0 Å². The van der Waals surface area contributed by atoms with Gasteiger partial charge in [-0.25, -0.2) is 4.79 Å². The molecule has 0 saturated heterocycles. The van der Waals surface area contributed by atoms with E-state index in [1.165, 1.54) is 7.11 Å². The van der Waals surface area contributed by atoms with E-state index in [0.717, 1.165) is 19.3 Å². The maximum absolute atomic E-state index is 11.9. The number of ether oxygens (including phenoxy) is 1. The lowest BCUT2D eigenvalue weighted by Crippen LogP contribution is -2.20. The Kier molecular flexibility index (Phi) is 6.06. The van der Waals surface area contributed by atoms with Crippen molar-refractivity contribution in [1.82, 2.24) is 0 Å². The van der Waals surface area contributed by atoms with Crippen LogP contribution in [0, 0.1) is 5.92 Å². The summed E-state index contributed by atoms with van der Waals surface area (Å²) in [6.45, 7) is 4.03. The Labute approximate surface area is 114 Å². The molecule has 1 unspecified atom stereocenters. The molecule has 4 nitrogen and oxygen atoms in total. The highest BCUT2D eigenvalue weighted by Crippen LogP contribution is 2.14. The van der Waals surface area contributed by atoms with Crippen LogP contribution >= 0.6 is 0 Å². The molecule has 0 saturated carbocycles. The van der Waals surface area contributed by atoms with Gasteiger partial charge < -0.3 is 10.1 Å². The Morgan fingerprint density at radius 2 is 1.89 bits per heavy atom. The third-order valence-corrected chi connectivity index (χ3v) is 3.01. The predicted molar refractivity (Wildman–Crippen MR) is 75.1 cm³/mol. The molecular weight excluding hydrogens is 242 g/mol. The molecule has 1 aromatic carbocycles. The summed E-state index contributed by atoms with van der Waals surface area (Å²) in [5, 5.41) is 2.84. The molecule has 104 valence electrons. The quantitative estimate of drug-likeness (QED) is 0.802. The van der Waals surface area contributed by atoms with Gasteiger partial charge >= 0.3 is 5.97 Å². The van der Waals surface area contributed by atoms with Crippen LogP contribution in [0.15, 0.2) is 24.3 Å². The Morgan fingerprint density at radius 3 is 2.42 bits per heavy atom. The zero-order valence-corrected chi connectivity index (χ0v) is 11.7. The maximum atomic E-state index is 11.9. The van der Waals surface area contributed by atoms with Crippen LogP contribution in [0.25, 0.3) is 0 Å². The summed E-state index contributed by atoms with van der Waals surface area (Å²) in [5.74, 6) is -0.367. The van der Waals surface area contributed by atoms with Gasteiger partial charge in [0.1, 0.15) is 0 Å². The van der Waals surface area contributed by atoms with Crippen molar-refractivity contribution in [1.29, 1.82) is 0 Å². The van der Waals surface area contributed by atoms with Gasteiger partial charge in [-0.15, -0.1) is 0 Å². The van der Waals surface area contributed by atoms with Crippen molar-refractivity contribution in [3.05, 3.63) is 29.8 Å². The number of unbranched alkanes of at least 4 members (excludes halogenated alkanes) is 1. The van der Waals surface area contributed by atoms with E-state index in [0.29, 0.717) is 11.3 Å². The molecule has 19 heavy (non-hydrogen) atoms. The molecule has 1 amide bonds. The van der Waals surface area contributed by atoms with Crippen LogP contribution in [0.3, 0.4) is 0 Å². The Bertz CT molecular complexity index is 426. The third kappa shape index (κ3) is 4.73. The van der Waals surface area contributed by atoms with Crippen LogP contribution in [0.5, 0.6) is 0 Å². The van der Waals surface area contributed by atoms with Crippen LogP contribution in [0.2, 0.25) is 0 Å². The third-order valence-electron chi connectivity index (χ3n) is 3.01. The van der Waals surface area contributed by atoms with E-state index in [1.807, 2.05) is 6.92 Å². The average molecular weight is 263 g/mol. The molecule has 0 aliphatic heterocycles. The fraction of sp³-hybridized carbons (Fsp3) is 0.467. The molecule has 0 aliphatic rings. The molecule has 0 spiro atoms. The van der Waals surface area contributed by atoms with E-state index in [4.69, 9.17) is 0 Å². The molecule has 4 heteroatoms. The summed E-state index contributed by atoms with van der Waals surface area (Å²) in [7, 11) is 1.34. The smallest absolute Gasteiger partial charge is 0.337 e. The van der Waals surface area contributed by atoms with Crippen molar-refractivity contribution in [3.63, 3.8) is 0 Å². The highest BCUT2D eigenvalue weighted by Gasteiger charge is 2.12. The second-order valence-corrected chi connectivity index (χ2v) is 4.60. The van der Waals surface area contributed by atoms with Gasteiger partial charge in [-0.3, -0.25) is 4.79 Å². The SMILES string of the molecule is CCCCC(C)C(=O)Nc1ccc(C(=O)OC)cc1. The first-order valence-corrected chi connectivity index (χ1v) is 6.57. The monoisotopic (exact) mass is 263 g/mol. The highest BCUT2D eigenvalue weighted by molar-refractivity contribution is 5.93. The molecule has 0 radical (unpaired) electrons. The van der Waals surface area contributed by atoms with E-state index < -0.39 is 0 Å². The maximum Gasteiger partial charge on any atom is 0.337 e. The average Bonchev–Trinajstić information content (AvgIpc) is 2.44. The minimum Gasteiger partial charge on any atom is -0.465 e. The summed E-state index contributed by atoms with van der Waals surface area (Å²) in [4.78, 5) is 23.2. The fourth-order valence-electron chi connectivity index (χ4n) is 1.71. The van der Waals surface area contributed by atoms with Gasteiger partial charge in [0.05, 0.1) is 12.7 Å². The van der Waals surface area contributed by atoms with E-state index >= 15 is 0 Å². The Hall–Kier alpha value is -1.84. The summed E-state index contributed by atoms with van der Waals surface area (Å²) < 4.78 is 4.61. The first kappa shape index (κ1) is 15.2. The fourth-order valence-corrected chi connectivity index (χ4v) is 1.71. The number of benzene rings is 1. The summed E-state index contributed by atoms with van der Waals surface area (Å²) >= 11 is 0. The first-order valence-electron chi connectivity index (χ1n) is 6.57. The number of carbonyl (C=O) groups is 2. The number of rotatable bonds is 6. The molecule has 1 aromatic rings. The van der Waals surface area contributed by atoms with E-state index in [1.54, 1.807) is 24.3 Å². The lowest BCUT2D eigenvalue weighted by molar-refractivity contribution is -0.119. The summed E-state index contributed by atoms with van der Waals surface area (Å²) in [6.07, 6.45) is 3.03. The molecule has 1 rings (SSSR count). The molecule has 0 aliphatic carbocycles. The summed E-state index contributed by atoms with van der Waals surface area (Å²) in [6, 6.07) is 6.68. The van der Waals surface area contributed by atoms with Crippen molar-refractivity contribution in [2.24, 2.45) is 5.92 Å². The molecule has 0 aromatic heterocycles. The number of nitrogens with one attached hydrogen (secondary N) is 1. The molecule has 0 heterocycles. The molecule has 1 N–H and O–H groups in total. The van der Waals surface area contributed by atoms with Crippen molar-refractivity contribution in [2.75, 3.05) is 12.4 Å². The van der Waals surface area contributed by atoms with Crippen LogP contribution in [0.4, 0.5) is 5.69 Å². The Morgan fingerprint density at radius 1 is 1.26 bits per heavy atom. The topological polar surface area (TPSA) is 55.4 Å². The number of hydrogen-bond donors (Lipinski definition) is 1. The molecule has 1 atom stereocenters. The van der Waals surface area contributed by atoms with Gasteiger partial charge in [0.2, 0.25) is 5.91 Å². The minimum absolute atomic E-state index is 0.000216. The number of methoxy groups -OCH3 is 1. The zero-order chi connectivity index (χ0) is 14.3. The predicted octanol–water partition coefficient (Wildman–Crippen LogP) is 3.24. The van der Waals surface area contributed by atoms with Crippen LogP contribution in [-0.4, -0.2) is 19.0 Å². The number of esters is 1. The lowest BCUT2D eigenvalue weighted by atomic mass is 10.0. The van der Waals surface area contributed by atoms with Crippen LogP contribution in [0.1, 0.15) is 43.5 Å². The van der Waals surface area contributed by atoms with Crippen LogP contribution in [-0.2, 0) is 9.53 Å². The van der Waals surface area contributed by atoms with Gasteiger partial charge in [0.15, 0.2) is 0 Å². The molecule has 0 bridgehead atoms. The van der Waals surface area contributed by atoms with E-state index in [-0.39, 0.29) is 17.8 Å². The Balaban J connectivity index is 2.57. The van der Waals surface area contributed by atoms with Crippen molar-refractivity contribution >= 4 is 17.6 Å². The summed E-state index contributed by atoms with van der Waals surface area (Å²) in [5.41, 5.74) is 1.17. The number of carbonyl (C=O) groups excluding carboxylic acids is 2. The zero-order valence-electron chi connectivity index (χ0n) is 11.7. The van der Waals surface area contributed by atoms with Crippen molar-refractivity contribution < 1.29 is 14.3 Å². The van der Waals surface area contributed by atoms with Gasteiger partial charge in [-0.05, 0) is 30.7 Å². The lowest BCUT2D eigenvalue weighted by Gasteiger charge is -2.11. The van der Waals surface area contributed by atoms with Gasteiger partial charge in [0.25, 0.3) is 0 Å². The molecule has 0 fully saturated rings. The van der Waals surface area contributed by atoms with Crippen molar-refractivity contribution in [2.45, 2.75) is 33.1 Å². The number of hydrogen-bond acceptors (Lipinski definition) is 3. The highest BCUT2D eigenvalue weighted by atomic mass is 16.5. The molecular formula is C15H21NO3. The first-order chi connectivity index (χ1) is 9.08. The van der Waals surface area contributed by atoms with Crippen LogP contribution < -0.4 is 5.32 Å². The van der Waals surface area contributed by atoms with Gasteiger partial charge in [0, 0.05) is 11.6 Å². The van der Waals surface area contributed by atoms with Gasteiger partial charge in [-0.2, -0.15) is 0 Å². The number of anilines is 1. The largest absolute Gasteiger partial charge is 0.465 e.